The Morgan fingerprint density at radius 3 is 1.45 bits per heavy atom. The van der Waals surface area contributed by atoms with Gasteiger partial charge in [-0.2, -0.15) is 12.8 Å². The Bertz CT molecular complexity index is 2160. The molecule has 0 saturated heterocycles. The zero-order valence-corrected chi connectivity index (χ0v) is 41.3. The quantitative estimate of drug-likeness (QED) is 0.135. The van der Waals surface area contributed by atoms with Crippen LogP contribution in [-0.2, 0) is 46.4 Å². The Hall–Kier alpha value is -3.30. The third kappa shape index (κ3) is 17.1. The van der Waals surface area contributed by atoms with E-state index in [2.05, 4.69) is 114 Å². The van der Waals surface area contributed by atoms with Crippen molar-refractivity contribution in [2.45, 2.75) is 98.8 Å². The van der Waals surface area contributed by atoms with E-state index in [-0.39, 0.29) is 20.4 Å². The molecule has 6 nitrogen and oxygen atoms in total. The number of aromatic nitrogens is 2. The molecule has 0 spiro atoms. The molecule has 306 valence electrons. The second-order valence-corrected chi connectivity index (χ2v) is 14.9. The van der Waals surface area contributed by atoms with Crippen LogP contribution in [0.1, 0.15) is 98.9 Å². The predicted molar refractivity (Wildman–Crippen MR) is 238 cm³/mol. The summed E-state index contributed by atoms with van der Waals surface area (Å²) in [5, 5.41) is 17.9. The van der Waals surface area contributed by atoms with Crippen LogP contribution in [0.4, 0.5) is 0 Å². The van der Waals surface area contributed by atoms with E-state index in [0.29, 0.717) is 0 Å². The van der Waals surface area contributed by atoms with Gasteiger partial charge in [0.25, 0.3) is 11.9 Å². The molecule has 4 aromatic carbocycles. The summed E-state index contributed by atoms with van der Waals surface area (Å²) in [7, 11) is 0. The summed E-state index contributed by atoms with van der Waals surface area (Å²) in [6.07, 6.45) is 13.4. The summed E-state index contributed by atoms with van der Waals surface area (Å²) < 4.78 is 0. The summed E-state index contributed by atoms with van der Waals surface area (Å²) in [5.74, 6) is -0.937. The van der Waals surface area contributed by atoms with Gasteiger partial charge in [0.1, 0.15) is 0 Å². The minimum atomic E-state index is -0.833. The van der Waals surface area contributed by atoms with Crippen molar-refractivity contribution in [2.24, 2.45) is 0 Å². The van der Waals surface area contributed by atoms with E-state index in [1.54, 1.807) is 0 Å². The molecule has 2 aromatic heterocycles. The van der Waals surface area contributed by atoms with Crippen molar-refractivity contribution in [2.75, 3.05) is 0 Å². The third-order valence-corrected chi connectivity index (χ3v) is 9.67. The maximum absolute atomic E-state index is 9.00. The monoisotopic (exact) mass is 1010 g/mol. The van der Waals surface area contributed by atoms with Gasteiger partial charge in [0.05, 0.1) is 22.4 Å². The molecule has 0 unspecified atom stereocenters. The fourth-order valence-corrected chi connectivity index (χ4v) is 7.41. The van der Waals surface area contributed by atoms with Crippen molar-refractivity contribution in [3.8, 4) is 22.5 Å². The summed E-state index contributed by atoms with van der Waals surface area (Å²) >= 11 is 10.4. The minimum absolute atomic E-state index is 0. The summed E-state index contributed by atoms with van der Waals surface area (Å²) in [6.45, 7) is 10.7. The molecule has 2 aliphatic carbocycles. The van der Waals surface area contributed by atoms with E-state index in [4.69, 9.17) is 41.4 Å². The van der Waals surface area contributed by atoms with Gasteiger partial charge in [0.2, 0.25) is 0 Å². The van der Waals surface area contributed by atoms with Crippen LogP contribution < -0.4 is 0 Å². The number of fused-ring (bicyclic) bond motifs is 2. The molecule has 2 N–H and O–H groups in total. The van der Waals surface area contributed by atoms with Gasteiger partial charge >= 0.3 is 30.0 Å². The number of benzene rings is 4. The Balaban J connectivity index is 0.000000296. The van der Waals surface area contributed by atoms with Gasteiger partial charge in [0, 0.05) is 61.2 Å². The second kappa shape index (κ2) is 26.7. The molecule has 2 saturated carbocycles. The van der Waals surface area contributed by atoms with Crippen LogP contribution in [0.5, 0.6) is 0 Å². The standard InChI is InChI=1S/C22H23N.C17H14ClN.C5H9.2C2H4O2.BrH.Pd.Zn/c1-15-12-16(2)14-18(13-15)21-11-10-20-19(17-6-3-4-7-17)8-5-9-22(20)23-21;1-11-8-12(2)10-13(9-11)16-7-6-14-15(18)4-3-5-17(14)19-16;1-2-4-5-3-1;2*1-2(3)4;;;/h5,8-14,17H,3-4,6-7H2,1-2H3;3-10H,1-2H3;1H,2-5H2;2*1H3,(H,3,4);1H;;/q;;-1;;;;;+2/p-1. The van der Waals surface area contributed by atoms with Gasteiger partial charge in [0.15, 0.2) is 0 Å². The second-order valence-electron chi connectivity index (χ2n) is 14.5. The molecular weight excluding hydrogens is 956 g/mol. The van der Waals surface area contributed by atoms with Crippen LogP contribution in [0.15, 0.2) is 97.1 Å². The molecule has 2 fully saturated rings. The number of nitrogens with zero attached hydrogens (tertiary/aromatic N) is 2. The van der Waals surface area contributed by atoms with Gasteiger partial charge < -0.3 is 16.6 Å². The van der Waals surface area contributed by atoms with Crippen molar-refractivity contribution in [1.82, 2.24) is 9.97 Å². The van der Waals surface area contributed by atoms with Crippen LogP contribution in [0.3, 0.4) is 0 Å². The first-order valence-corrected chi connectivity index (χ1v) is 26.7. The number of carbonyl (C=O) groups is 2. The van der Waals surface area contributed by atoms with Crippen molar-refractivity contribution in [3.05, 3.63) is 136 Å². The number of hydrogen-bond acceptors (Lipinski definition) is 4. The van der Waals surface area contributed by atoms with E-state index in [1.165, 1.54) is 106 Å². The molecule has 0 aliphatic heterocycles. The van der Waals surface area contributed by atoms with Crippen molar-refractivity contribution >= 4 is 59.0 Å². The van der Waals surface area contributed by atoms with Crippen molar-refractivity contribution < 1.29 is 56.6 Å². The third-order valence-electron chi connectivity index (χ3n) is 9.34. The summed E-state index contributed by atoms with van der Waals surface area (Å²) in [5.41, 5.74) is 13.1. The normalized spacial score (nSPS) is 12.7. The number of halogens is 2. The van der Waals surface area contributed by atoms with E-state index >= 15 is 0 Å². The number of hydrogen-bond donors (Lipinski definition) is 2. The average molecular weight is 1010 g/mol. The van der Waals surface area contributed by atoms with Crippen molar-refractivity contribution in [3.63, 3.8) is 0 Å². The first-order valence-electron chi connectivity index (χ1n) is 19.4. The molecule has 8 rings (SSSR count). The number of pyridine rings is 2. The molecule has 0 amide bonds. The number of aryl methyl sites for hydroxylation is 4. The molecule has 58 heavy (non-hydrogen) atoms. The average Bonchev–Trinajstić information content (AvgIpc) is 3.93. The molecule has 6 aromatic rings. The van der Waals surface area contributed by atoms with Crippen LogP contribution in [0.2, 0.25) is 5.02 Å². The Morgan fingerprint density at radius 1 is 0.638 bits per heavy atom. The molecule has 0 atom stereocenters. The molecule has 2 aliphatic rings. The molecule has 2 heterocycles. The topological polar surface area (TPSA) is 100 Å². The summed E-state index contributed by atoms with van der Waals surface area (Å²) in [6, 6.07) is 34.1. The molecule has 0 radical (unpaired) electrons. The number of aliphatic carboxylic acids is 2. The predicted octanol–water partition coefficient (Wildman–Crippen LogP) is 14.1. The first kappa shape index (κ1) is 50.8. The molecular formula is C48H54BrClN2O4PdZn. The van der Waals surface area contributed by atoms with E-state index in [9.17, 15) is 0 Å². The zero-order chi connectivity index (χ0) is 41.9. The van der Waals surface area contributed by atoms with Gasteiger partial charge in [-0.25, -0.2) is 9.97 Å². The molecule has 0 bridgehead atoms. The zero-order valence-electron chi connectivity index (χ0n) is 34.4. The Kier molecular flexibility index (Phi) is 23.4. The van der Waals surface area contributed by atoms with Crippen LogP contribution in [0, 0.1) is 34.1 Å². The van der Waals surface area contributed by atoms with Crippen LogP contribution >= 0.6 is 25.2 Å². The molecule has 10 heteroatoms. The Morgan fingerprint density at radius 2 is 1.03 bits per heavy atom. The number of carboxylic acid groups (broad SMARTS) is 2. The van der Waals surface area contributed by atoms with Crippen molar-refractivity contribution in [1.29, 1.82) is 0 Å². The maximum atomic E-state index is 9.00. The fourth-order valence-electron chi connectivity index (χ4n) is 7.18. The van der Waals surface area contributed by atoms with Gasteiger partial charge in [-0.15, -0.1) is 0 Å². The number of carboxylic acids is 2. The van der Waals surface area contributed by atoms with Gasteiger partial charge in [-0.1, -0.05) is 95.9 Å². The fraction of sp³-hybridized carbons (Fsp3) is 0.312. The van der Waals surface area contributed by atoms with E-state index in [1.807, 2.05) is 30.3 Å². The first-order chi connectivity index (χ1) is 27.3. The Labute approximate surface area is 380 Å². The number of rotatable bonds is 3. The van der Waals surface area contributed by atoms with Gasteiger partial charge in [-0.05, 0) is 113 Å². The van der Waals surface area contributed by atoms with Gasteiger partial charge in [-0.3, -0.25) is 9.59 Å². The SMILES string of the molecule is CC(=O)O.CC(=O)O.Cc1cc(C)cc(-c2ccc3c(C4CCCC4)cccc3n2)c1.Cc1cc(C)cc(-c2ccc3c(Cl)cccc3n2)c1.[CH-]1CCCC1.[Pd].[Zn+][Br]. The van der Waals surface area contributed by atoms with E-state index < -0.39 is 11.9 Å². The summed E-state index contributed by atoms with van der Waals surface area (Å²) in [4.78, 5) is 27.7. The van der Waals surface area contributed by atoms with Crippen LogP contribution in [0.25, 0.3) is 44.3 Å². The van der Waals surface area contributed by atoms with Crippen LogP contribution in [-0.4, -0.2) is 32.1 Å². The van der Waals surface area contributed by atoms with E-state index in [0.717, 1.165) is 58.2 Å².